The Morgan fingerprint density at radius 3 is 2.20 bits per heavy atom. The van der Waals surface area contributed by atoms with E-state index in [0.29, 0.717) is 5.96 Å². The normalized spacial score (nSPS) is 15.2. The van der Waals surface area contributed by atoms with E-state index in [0.717, 1.165) is 10.5 Å². The van der Waals surface area contributed by atoms with Crippen molar-refractivity contribution in [2.24, 2.45) is 10.7 Å². The Morgan fingerprint density at radius 1 is 1.30 bits per heavy atom. The molecule has 1 aromatic rings. The Bertz CT molecular complexity index is 480. The summed E-state index contributed by atoms with van der Waals surface area (Å²) in [5.41, 5.74) is 6.81. The van der Waals surface area contributed by atoms with Crippen LogP contribution >= 0.6 is 24.0 Å². The van der Waals surface area contributed by atoms with Crippen molar-refractivity contribution in [3.05, 3.63) is 29.8 Å². The fraction of sp³-hybridized carbons (Fsp3) is 0.500. The van der Waals surface area contributed by atoms with E-state index in [1.165, 1.54) is 0 Å². The number of halogens is 1. The van der Waals surface area contributed by atoms with Gasteiger partial charge in [-0.15, -0.1) is 24.0 Å². The third-order valence-electron chi connectivity index (χ3n) is 2.53. The number of hydrogen-bond donors (Lipinski definition) is 2. The molecule has 3 N–H and O–H groups in total. The second-order valence-corrected chi connectivity index (χ2v) is 6.97. The SMILES string of the molecule is CC(N=C(N)NC(C)(C)C)c1ccc(S(C)=O)cc1.I. The van der Waals surface area contributed by atoms with Crippen molar-refractivity contribution in [1.29, 1.82) is 0 Å². The van der Waals surface area contributed by atoms with E-state index < -0.39 is 10.8 Å². The van der Waals surface area contributed by atoms with Gasteiger partial charge in [0.2, 0.25) is 0 Å². The van der Waals surface area contributed by atoms with Crippen LogP contribution in [0.15, 0.2) is 34.2 Å². The van der Waals surface area contributed by atoms with Gasteiger partial charge in [-0.1, -0.05) is 12.1 Å². The van der Waals surface area contributed by atoms with Crippen LogP contribution < -0.4 is 11.1 Å². The molecule has 0 aliphatic carbocycles. The lowest BCUT2D eigenvalue weighted by atomic mass is 10.1. The number of guanidine groups is 1. The maximum Gasteiger partial charge on any atom is 0.189 e. The Kier molecular flexibility index (Phi) is 7.72. The first kappa shape index (κ1) is 19.4. The van der Waals surface area contributed by atoms with Gasteiger partial charge in [-0.3, -0.25) is 4.21 Å². The van der Waals surface area contributed by atoms with Crippen molar-refractivity contribution in [3.8, 4) is 0 Å². The van der Waals surface area contributed by atoms with Crippen LogP contribution in [0.1, 0.15) is 39.3 Å². The number of nitrogens with two attached hydrogens (primary N) is 1. The third kappa shape index (κ3) is 6.69. The summed E-state index contributed by atoms with van der Waals surface area (Å²) >= 11 is 0. The molecule has 1 rings (SSSR count). The molecule has 2 unspecified atom stereocenters. The highest BCUT2D eigenvalue weighted by Crippen LogP contribution is 2.18. The van der Waals surface area contributed by atoms with Crippen LogP contribution in [0.2, 0.25) is 0 Å². The zero-order chi connectivity index (χ0) is 14.6. The molecule has 0 bridgehead atoms. The molecule has 0 radical (unpaired) electrons. The second kappa shape index (κ2) is 7.97. The summed E-state index contributed by atoms with van der Waals surface area (Å²) in [6.45, 7) is 8.08. The fourth-order valence-electron chi connectivity index (χ4n) is 1.64. The van der Waals surface area contributed by atoms with Crippen LogP contribution in [0.3, 0.4) is 0 Å². The average Bonchev–Trinajstić information content (AvgIpc) is 2.26. The Labute approximate surface area is 141 Å². The Hall–Kier alpha value is -0.630. The van der Waals surface area contributed by atoms with E-state index in [2.05, 4.69) is 10.3 Å². The van der Waals surface area contributed by atoms with E-state index in [9.17, 15) is 4.21 Å². The van der Waals surface area contributed by atoms with Gasteiger partial charge < -0.3 is 11.1 Å². The van der Waals surface area contributed by atoms with Crippen molar-refractivity contribution in [2.45, 2.75) is 44.2 Å². The molecule has 1 aromatic carbocycles. The summed E-state index contributed by atoms with van der Waals surface area (Å²) < 4.78 is 11.3. The fourth-order valence-corrected chi connectivity index (χ4v) is 2.16. The summed E-state index contributed by atoms with van der Waals surface area (Å²) in [5, 5.41) is 3.13. The molecule has 0 aliphatic rings. The minimum Gasteiger partial charge on any atom is -0.370 e. The molecule has 0 fully saturated rings. The molecule has 114 valence electrons. The predicted molar refractivity (Wildman–Crippen MR) is 97.1 cm³/mol. The standard InChI is InChI=1S/C14H23N3OS.HI/c1-10(16-13(15)17-14(2,3)4)11-6-8-12(9-7-11)19(5)18;/h6-10H,1-5H3,(H3,15,16,17);1H. The van der Waals surface area contributed by atoms with Gasteiger partial charge in [-0.25, -0.2) is 4.99 Å². The van der Waals surface area contributed by atoms with Crippen molar-refractivity contribution in [2.75, 3.05) is 6.26 Å². The molecule has 6 heteroatoms. The molecular weight excluding hydrogens is 385 g/mol. The zero-order valence-electron chi connectivity index (χ0n) is 12.6. The highest BCUT2D eigenvalue weighted by Gasteiger charge is 2.11. The maximum absolute atomic E-state index is 11.3. The molecule has 2 atom stereocenters. The van der Waals surface area contributed by atoms with Gasteiger partial charge >= 0.3 is 0 Å². The van der Waals surface area contributed by atoms with E-state index >= 15 is 0 Å². The number of benzene rings is 1. The van der Waals surface area contributed by atoms with Crippen LogP contribution in [0, 0.1) is 0 Å². The van der Waals surface area contributed by atoms with Crippen LogP contribution in [0.5, 0.6) is 0 Å². The number of nitrogens with one attached hydrogen (secondary N) is 1. The molecular formula is C14H24IN3OS. The monoisotopic (exact) mass is 409 g/mol. The van der Waals surface area contributed by atoms with E-state index in [1.54, 1.807) is 6.26 Å². The minimum atomic E-state index is -0.947. The lowest BCUT2D eigenvalue weighted by molar-refractivity contribution is 0.507. The van der Waals surface area contributed by atoms with Gasteiger partial charge in [0.15, 0.2) is 5.96 Å². The zero-order valence-corrected chi connectivity index (χ0v) is 15.8. The third-order valence-corrected chi connectivity index (χ3v) is 3.47. The van der Waals surface area contributed by atoms with Gasteiger partial charge in [0.25, 0.3) is 0 Å². The lowest BCUT2D eigenvalue weighted by Crippen LogP contribution is -2.45. The number of hydrogen-bond acceptors (Lipinski definition) is 2. The maximum atomic E-state index is 11.3. The summed E-state index contributed by atoms with van der Waals surface area (Å²) in [7, 11) is -0.947. The summed E-state index contributed by atoms with van der Waals surface area (Å²) in [6, 6.07) is 7.58. The number of rotatable bonds is 3. The van der Waals surface area contributed by atoms with Gasteiger partial charge in [-0.2, -0.15) is 0 Å². The highest BCUT2D eigenvalue weighted by atomic mass is 127. The van der Waals surface area contributed by atoms with E-state index in [4.69, 9.17) is 5.73 Å². The molecule has 20 heavy (non-hydrogen) atoms. The van der Waals surface area contributed by atoms with Crippen molar-refractivity contribution < 1.29 is 4.21 Å². The van der Waals surface area contributed by atoms with E-state index in [1.807, 2.05) is 52.0 Å². The summed E-state index contributed by atoms with van der Waals surface area (Å²) in [4.78, 5) is 5.23. The first-order valence-corrected chi connectivity index (χ1v) is 7.79. The van der Waals surface area contributed by atoms with Gasteiger partial charge in [-0.05, 0) is 45.4 Å². The van der Waals surface area contributed by atoms with Crippen LogP contribution in [-0.2, 0) is 10.8 Å². The average molecular weight is 409 g/mol. The highest BCUT2D eigenvalue weighted by molar-refractivity contribution is 14.0. The number of nitrogens with zero attached hydrogens (tertiary/aromatic N) is 1. The summed E-state index contributed by atoms with van der Waals surface area (Å²) in [5.74, 6) is 0.433. The molecule has 0 saturated heterocycles. The van der Waals surface area contributed by atoms with Crippen molar-refractivity contribution in [3.63, 3.8) is 0 Å². The topological polar surface area (TPSA) is 67.5 Å². The molecule has 0 amide bonds. The molecule has 0 saturated carbocycles. The van der Waals surface area contributed by atoms with Crippen LogP contribution in [-0.4, -0.2) is 22.0 Å². The minimum absolute atomic E-state index is 0. The predicted octanol–water partition coefficient (Wildman–Crippen LogP) is 2.81. The molecule has 0 spiro atoms. The Balaban J connectivity index is 0.00000361. The van der Waals surface area contributed by atoms with Crippen LogP contribution in [0.4, 0.5) is 0 Å². The quantitative estimate of drug-likeness (QED) is 0.458. The largest absolute Gasteiger partial charge is 0.370 e. The lowest BCUT2D eigenvalue weighted by Gasteiger charge is -2.22. The molecule has 0 heterocycles. The Morgan fingerprint density at radius 2 is 1.80 bits per heavy atom. The number of aliphatic imine (C=N–C) groups is 1. The van der Waals surface area contributed by atoms with Crippen molar-refractivity contribution in [1.82, 2.24) is 5.32 Å². The van der Waals surface area contributed by atoms with Crippen molar-refractivity contribution >= 4 is 40.7 Å². The second-order valence-electron chi connectivity index (χ2n) is 5.59. The smallest absolute Gasteiger partial charge is 0.189 e. The first-order chi connectivity index (χ1) is 8.69. The first-order valence-electron chi connectivity index (χ1n) is 6.24. The van der Waals surface area contributed by atoms with Gasteiger partial charge in [0.05, 0.1) is 6.04 Å². The van der Waals surface area contributed by atoms with Crippen LogP contribution in [0.25, 0.3) is 0 Å². The molecule has 0 aliphatic heterocycles. The summed E-state index contributed by atoms with van der Waals surface area (Å²) in [6.07, 6.45) is 1.67. The van der Waals surface area contributed by atoms with Gasteiger partial charge in [0, 0.05) is 27.5 Å². The van der Waals surface area contributed by atoms with Gasteiger partial charge in [0.1, 0.15) is 0 Å². The molecule has 0 aromatic heterocycles. The van der Waals surface area contributed by atoms with E-state index in [-0.39, 0.29) is 35.6 Å². The molecule has 4 nitrogen and oxygen atoms in total.